The molecule has 0 bridgehead atoms. The van der Waals surface area contributed by atoms with Crippen LogP contribution in [0.2, 0.25) is 0 Å². The number of alkyl halides is 1. The number of carboxylic acid groups (broad SMARTS) is 1. The minimum Gasteiger partial charge on any atom is -0.480 e. The fraction of sp³-hybridized carbons (Fsp3) is 0.900. The monoisotopic (exact) mass is 270 g/mol. The molecule has 6 nitrogen and oxygen atoms in total. The second kappa shape index (κ2) is 13.7. The van der Waals surface area contributed by atoms with Gasteiger partial charge in [-0.3, -0.25) is 0 Å². The van der Waals surface area contributed by atoms with Crippen molar-refractivity contribution in [2.75, 3.05) is 58.7 Å². The summed E-state index contributed by atoms with van der Waals surface area (Å²) >= 11 is 5.41. The van der Waals surface area contributed by atoms with Crippen molar-refractivity contribution in [1.82, 2.24) is 0 Å². The summed E-state index contributed by atoms with van der Waals surface area (Å²) in [5.41, 5.74) is 0. The van der Waals surface area contributed by atoms with Gasteiger partial charge in [0.05, 0.1) is 46.2 Å². The maximum Gasteiger partial charge on any atom is 0.329 e. The number of hydrogen-bond acceptors (Lipinski definition) is 5. The van der Waals surface area contributed by atoms with E-state index < -0.39 is 5.97 Å². The van der Waals surface area contributed by atoms with Crippen LogP contribution in [-0.4, -0.2) is 69.8 Å². The topological polar surface area (TPSA) is 74.2 Å². The van der Waals surface area contributed by atoms with Gasteiger partial charge in [0.25, 0.3) is 0 Å². The van der Waals surface area contributed by atoms with Crippen LogP contribution in [0, 0.1) is 0 Å². The van der Waals surface area contributed by atoms with Crippen molar-refractivity contribution in [2.24, 2.45) is 0 Å². The first-order valence-electron chi connectivity index (χ1n) is 5.36. The summed E-state index contributed by atoms with van der Waals surface area (Å²) in [7, 11) is 0. The van der Waals surface area contributed by atoms with E-state index in [0.717, 1.165) is 0 Å². The van der Waals surface area contributed by atoms with E-state index in [9.17, 15) is 4.79 Å². The molecule has 0 atom stereocenters. The molecule has 0 rings (SSSR count). The molecule has 7 heteroatoms. The Bertz CT molecular complexity index is 178. The van der Waals surface area contributed by atoms with E-state index in [1.165, 1.54) is 0 Å². The molecule has 0 aromatic rings. The van der Waals surface area contributed by atoms with E-state index in [-0.39, 0.29) is 13.2 Å². The lowest BCUT2D eigenvalue weighted by Crippen LogP contribution is -2.14. The van der Waals surface area contributed by atoms with E-state index in [4.69, 9.17) is 35.7 Å². The van der Waals surface area contributed by atoms with Crippen molar-refractivity contribution in [2.45, 2.75) is 0 Å². The van der Waals surface area contributed by atoms with Gasteiger partial charge in [-0.05, 0) is 0 Å². The van der Waals surface area contributed by atoms with Crippen LogP contribution in [0.25, 0.3) is 0 Å². The predicted octanol–water partition coefficient (Wildman–Crippen LogP) is 0.376. The lowest BCUT2D eigenvalue weighted by atomic mass is 10.7. The summed E-state index contributed by atoms with van der Waals surface area (Å²) < 4.78 is 20.2. The van der Waals surface area contributed by atoms with Crippen LogP contribution in [0.15, 0.2) is 0 Å². The first kappa shape index (κ1) is 16.6. The molecule has 0 aliphatic rings. The van der Waals surface area contributed by atoms with Gasteiger partial charge in [0.2, 0.25) is 0 Å². The van der Waals surface area contributed by atoms with Gasteiger partial charge in [0.1, 0.15) is 6.61 Å². The highest BCUT2D eigenvalue weighted by atomic mass is 35.5. The maximum absolute atomic E-state index is 10.1. The second-order valence-corrected chi connectivity index (χ2v) is 3.35. The van der Waals surface area contributed by atoms with E-state index >= 15 is 0 Å². The van der Waals surface area contributed by atoms with Crippen molar-refractivity contribution < 1.29 is 28.8 Å². The molecule has 17 heavy (non-hydrogen) atoms. The number of carbonyl (C=O) groups is 1. The Morgan fingerprint density at radius 3 is 1.65 bits per heavy atom. The van der Waals surface area contributed by atoms with Gasteiger partial charge in [-0.25, -0.2) is 4.79 Å². The number of rotatable bonds is 13. The van der Waals surface area contributed by atoms with Crippen LogP contribution in [0.5, 0.6) is 0 Å². The Morgan fingerprint density at radius 2 is 1.24 bits per heavy atom. The van der Waals surface area contributed by atoms with Gasteiger partial charge in [-0.2, -0.15) is 0 Å². The van der Waals surface area contributed by atoms with Crippen LogP contribution in [0.1, 0.15) is 0 Å². The van der Waals surface area contributed by atoms with Crippen LogP contribution in [-0.2, 0) is 23.7 Å². The highest BCUT2D eigenvalue weighted by Crippen LogP contribution is 1.83. The molecule has 0 saturated carbocycles. The molecule has 0 saturated heterocycles. The normalized spacial score (nSPS) is 10.6. The van der Waals surface area contributed by atoms with Gasteiger partial charge in [-0.1, -0.05) is 0 Å². The summed E-state index contributed by atoms with van der Waals surface area (Å²) in [6.07, 6.45) is 0. The lowest BCUT2D eigenvalue weighted by Gasteiger charge is -2.06. The first-order chi connectivity index (χ1) is 8.27. The summed E-state index contributed by atoms with van der Waals surface area (Å²) in [4.78, 5) is 10.1. The second-order valence-electron chi connectivity index (χ2n) is 2.97. The molecule has 0 spiro atoms. The van der Waals surface area contributed by atoms with Crippen LogP contribution in [0.4, 0.5) is 0 Å². The minimum absolute atomic E-state index is 0.269. The molecule has 0 aromatic heterocycles. The highest BCUT2D eigenvalue weighted by molar-refractivity contribution is 6.17. The standard InChI is InChI=1S/C10H19ClO6/c11-1-2-14-3-4-15-5-6-16-7-8-17-9-10(12)13/h1-9H2,(H,12,13). The van der Waals surface area contributed by atoms with Gasteiger partial charge in [0, 0.05) is 5.88 Å². The molecule has 0 unspecified atom stereocenters. The fourth-order valence-corrected chi connectivity index (χ4v) is 0.983. The average Bonchev–Trinajstić information content (AvgIpc) is 2.30. The Kier molecular flexibility index (Phi) is 13.3. The van der Waals surface area contributed by atoms with Crippen molar-refractivity contribution >= 4 is 17.6 Å². The summed E-state index contributed by atoms with van der Waals surface area (Å²) in [5, 5.41) is 8.27. The number of carboxylic acids is 1. The van der Waals surface area contributed by atoms with Gasteiger partial charge >= 0.3 is 5.97 Å². The minimum atomic E-state index is -0.981. The Balaban J connectivity index is 2.91. The third-order valence-corrected chi connectivity index (χ3v) is 1.72. The smallest absolute Gasteiger partial charge is 0.329 e. The number of hydrogen-bond donors (Lipinski definition) is 1. The average molecular weight is 271 g/mol. The number of halogens is 1. The third kappa shape index (κ3) is 15.6. The van der Waals surface area contributed by atoms with Crippen molar-refractivity contribution in [3.05, 3.63) is 0 Å². The molecular weight excluding hydrogens is 252 g/mol. The van der Waals surface area contributed by atoms with Crippen molar-refractivity contribution in [3.8, 4) is 0 Å². The maximum atomic E-state index is 10.1. The molecule has 0 aliphatic heterocycles. The van der Waals surface area contributed by atoms with E-state index in [1.54, 1.807) is 0 Å². The van der Waals surface area contributed by atoms with E-state index in [0.29, 0.717) is 45.5 Å². The molecule has 102 valence electrons. The first-order valence-corrected chi connectivity index (χ1v) is 5.89. The van der Waals surface area contributed by atoms with Gasteiger partial charge < -0.3 is 24.1 Å². The summed E-state index contributed by atoms with van der Waals surface area (Å²) in [6, 6.07) is 0. The Morgan fingerprint density at radius 1 is 0.824 bits per heavy atom. The van der Waals surface area contributed by atoms with E-state index in [1.807, 2.05) is 0 Å². The predicted molar refractivity (Wildman–Crippen MR) is 61.6 cm³/mol. The molecular formula is C10H19ClO6. The summed E-state index contributed by atoms with van der Waals surface area (Å²) in [6.45, 7) is 2.82. The Labute approximate surface area is 106 Å². The van der Waals surface area contributed by atoms with Crippen LogP contribution < -0.4 is 0 Å². The molecule has 0 fully saturated rings. The molecule has 0 heterocycles. The zero-order valence-corrected chi connectivity index (χ0v) is 10.5. The quantitative estimate of drug-likeness (QED) is 0.385. The van der Waals surface area contributed by atoms with Gasteiger partial charge in [0.15, 0.2) is 0 Å². The summed E-state index contributed by atoms with van der Waals surface area (Å²) in [5.74, 6) is -0.496. The molecule has 0 radical (unpaired) electrons. The van der Waals surface area contributed by atoms with Gasteiger partial charge in [-0.15, -0.1) is 11.6 Å². The molecule has 1 N–H and O–H groups in total. The number of aliphatic carboxylic acids is 1. The van der Waals surface area contributed by atoms with Crippen molar-refractivity contribution in [3.63, 3.8) is 0 Å². The zero-order chi connectivity index (χ0) is 12.8. The lowest BCUT2D eigenvalue weighted by molar-refractivity contribution is -0.142. The highest BCUT2D eigenvalue weighted by Gasteiger charge is 1.95. The SMILES string of the molecule is O=C(O)COCCOCCOCCOCCCl. The molecule has 0 aromatic carbocycles. The van der Waals surface area contributed by atoms with Crippen molar-refractivity contribution in [1.29, 1.82) is 0 Å². The fourth-order valence-electron chi connectivity index (χ4n) is 0.874. The molecule has 0 aliphatic carbocycles. The van der Waals surface area contributed by atoms with Crippen LogP contribution >= 0.6 is 11.6 Å². The largest absolute Gasteiger partial charge is 0.480 e. The number of ether oxygens (including phenoxy) is 4. The zero-order valence-electron chi connectivity index (χ0n) is 9.73. The Hall–Kier alpha value is -0.400. The third-order valence-electron chi connectivity index (χ3n) is 1.56. The van der Waals surface area contributed by atoms with Crippen LogP contribution in [0.3, 0.4) is 0 Å². The van der Waals surface area contributed by atoms with E-state index in [2.05, 4.69) is 0 Å². The molecule has 0 amide bonds.